The van der Waals surface area contributed by atoms with Gasteiger partial charge in [-0.25, -0.2) is 0 Å². The minimum atomic E-state index is 0.236. The summed E-state index contributed by atoms with van der Waals surface area (Å²) < 4.78 is 0. The van der Waals surface area contributed by atoms with Gasteiger partial charge < -0.3 is 10.2 Å². The number of nitrogens with one attached hydrogen (secondary N) is 1. The average Bonchev–Trinajstić information content (AvgIpc) is 2.54. The molecule has 3 rings (SSSR count). The first kappa shape index (κ1) is 14.9. The molecule has 1 fully saturated rings. The smallest absolute Gasteiger partial charge is 0.241 e. The van der Waals surface area contributed by atoms with E-state index in [1.54, 1.807) is 0 Å². The summed E-state index contributed by atoms with van der Waals surface area (Å²) in [6.45, 7) is 3.38. The number of rotatable bonds is 3. The molecule has 4 nitrogen and oxygen atoms in total. The van der Waals surface area contributed by atoms with E-state index in [2.05, 4.69) is 22.3 Å². The van der Waals surface area contributed by atoms with Crippen LogP contribution in [-0.4, -0.2) is 55.8 Å². The Kier molecular flexibility index (Phi) is 4.83. The number of likely N-dealkylation sites (tertiary alicyclic amines) is 1. The predicted molar refractivity (Wildman–Crippen MR) is 88.0 cm³/mol. The molecule has 21 heavy (non-hydrogen) atoms. The number of amides is 1. The number of likely N-dealkylation sites (N-methyl/N-ethyl adjacent to an activating group) is 1. The Labute approximate surface area is 130 Å². The van der Waals surface area contributed by atoms with Crippen molar-refractivity contribution >= 4 is 23.4 Å². The van der Waals surface area contributed by atoms with Gasteiger partial charge in [0, 0.05) is 29.8 Å². The molecule has 2 aliphatic heterocycles. The van der Waals surface area contributed by atoms with Crippen LogP contribution in [0.15, 0.2) is 29.2 Å². The summed E-state index contributed by atoms with van der Waals surface area (Å²) in [6.07, 6.45) is 2.38. The monoisotopic (exact) mass is 305 g/mol. The van der Waals surface area contributed by atoms with E-state index >= 15 is 0 Å². The summed E-state index contributed by atoms with van der Waals surface area (Å²) in [5, 5.41) is 3.33. The highest BCUT2D eigenvalue weighted by Gasteiger charge is 2.26. The van der Waals surface area contributed by atoms with E-state index < -0.39 is 0 Å². The number of para-hydroxylation sites is 1. The van der Waals surface area contributed by atoms with Crippen molar-refractivity contribution in [2.75, 3.05) is 43.9 Å². The molecule has 0 spiro atoms. The lowest BCUT2D eigenvalue weighted by Crippen LogP contribution is -2.49. The number of hydrogen-bond donors (Lipinski definition) is 1. The number of benzene rings is 1. The summed E-state index contributed by atoms with van der Waals surface area (Å²) >= 11 is 1.84. The average molecular weight is 305 g/mol. The van der Waals surface area contributed by atoms with E-state index in [4.69, 9.17) is 0 Å². The van der Waals surface area contributed by atoms with Crippen molar-refractivity contribution in [3.63, 3.8) is 0 Å². The molecule has 0 bridgehead atoms. The normalized spacial score (nSPS) is 22.9. The highest BCUT2D eigenvalue weighted by Crippen LogP contribution is 2.34. The Balaban J connectivity index is 1.66. The molecule has 1 atom stereocenters. The Hall–Kier alpha value is -1.04. The van der Waals surface area contributed by atoms with E-state index in [1.165, 1.54) is 17.7 Å². The third-order valence-corrected chi connectivity index (χ3v) is 5.35. The summed E-state index contributed by atoms with van der Waals surface area (Å²) in [7, 11) is 2.01. The van der Waals surface area contributed by atoms with Gasteiger partial charge in [0.2, 0.25) is 5.91 Å². The minimum Gasteiger partial charge on any atom is -0.316 e. The Morgan fingerprint density at radius 3 is 3.10 bits per heavy atom. The molecule has 1 unspecified atom stereocenters. The number of fused-ring (bicyclic) bond motifs is 1. The van der Waals surface area contributed by atoms with E-state index in [0.29, 0.717) is 12.6 Å². The largest absolute Gasteiger partial charge is 0.316 e. The third-order valence-electron chi connectivity index (χ3n) is 4.30. The lowest BCUT2D eigenvalue weighted by Gasteiger charge is -2.35. The molecular formula is C16H23N3OS. The van der Waals surface area contributed by atoms with Crippen LogP contribution in [0.1, 0.15) is 12.8 Å². The fraction of sp³-hybridized carbons (Fsp3) is 0.562. The van der Waals surface area contributed by atoms with Crippen LogP contribution in [0.25, 0.3) is 0 Å². The van der Waals surface area contributed by atoms with Gasteiger partial charge in [-0.2, -0.15) is 0 Å². The molecule has 114 valence electrons. The van der Waals surface area contributed by atoms with Crippen LogP contribution in [0, 0.1) is 0 Å². The van der Waals surface area contributed by atoms with E-state index in [-0.39, 0.29) is 5.91 Å². The SMILES string of the molecule is CNC1CCCN(CC(=O)N2CCSc3ccccc32)C1. The van der Waals surface area contributed by atoms with Crippen molar-refractivity contribution in [2.24, 2.45) is 0 Å². The van der Waals surface area contributed by atoms with Gasteiger partial charge in [-0.05, 0) is 38.6 Å². The van der Waals surface area contributed by atoms with Crippen LogP contribution >= 0.6 is 11.8 Å². The maximum atomic E-state index is 12.7. The number of nitrogens with zero attached hydrogens (tertiary/aromatic N) is 2. The van der Waals surface area contributed by atoms with Gasteiger partial charge in [-0.1, -0.05) is 12.1 Å². The van der Waals surface area contributed by atoms with Crippen molar-refractivity contribution in [3.05, 3.63) is 24.3 Å². The molecule has 1 aromatic rings. The summed E-state index contributed by atoms with van der Waals surface area (Å²) in [5.41, 5.74) is 1.08. The quantitative estimate of drug-likeness (QED) is 0.924. The van der Waals surface area contributed by atoms with E-state index in [0.717, 1.165) is 31.1 Å². The van der Waals surface area contributed by atoms with Gasteiger partial charge in [0.1, 0.15) is 0 Å². The number of carbonyl (C=O) groups excluding carboxylic acids is 1. The molecule has 0 saturated carbocycles. The molecular weight excluding hydrogens is 282 g/mol. The molecule has 0 aliphatic carbocycles. The fourth-order valence-corrected chi connectivity index (χ4v) is 4.13. The number of thioether (sulfide) groups is 1. The van der Waals surface area contributed by atoms with Crippen molar-refractivity contribution in [3.8, 4) is 0 Å². The predicted octanol–water partition coefficient (Wildman–Crippen LogP) is 1.81. The zero-order valence-electron chi connectivity index (χ0n) is 12.5. The number of piperidine rings is 1. The first-order chi connectivity index (χ1) is 10.3. The molecule has 1 saturated heterocycles. The molecule has 2 aliphatic rings. The number of anilines is 1. The maximum Gasteiger partial charge on any atom is 0.241 e. The van der Waals surface area contributed by atoms with Gasteiger partial charge in [-0.3, -0.25) is 9.69 Å². The third kappa shape index (κ3) is 3.42. The second-order valence-electron chi connectivity index (χ2n) is 5.72. The van der Waals surface area contributed by atoms with Crippen LogP contribution in [0.4, 0.5) is 5.69 Å². The number of carbonyl (C=O) groups is 1. The molecule has 1 N–H and O–H groups in total. The van der Waals surface area contributed by atoms with Crippen molar-refractivity contribution < 1.29 is 4.79 Å². The molecule has 5 heteroatoms. The van der Waals surface area contributed by atoms with Crippen molar-refractivity contribution in [1.82, 2.24) is 10.2 Å². The maximum absolute atomic E-state index is 12.7. The minimum absolute atomic E-state index is 0.236. The van der Waals surface area contributed by atoms with Crippen molar-refractivity contribution in [2.45, 2.75) is 23.8 Å². The molecule has 1 amide bonds. The first-order valence-electron chi connectivity index (χ1n) is 7.70. The first-order valence-corrected chi connectivity index (χ1v) is 8.68. The Bertz CT molecular complexity index is 508. The summed E-state index contributed by atoms with van der Waals surface area (Å²) in [6, 6.07) is 8.75. The fourth-order valence-electron chi connectivity index (χ4n) is 3.14. The van der Waals surface area contributed by atoms with Crippen LogP contribution in [0.3, 0.4) is 0 Å². The van der Waals surface area contributed by atoms with Crippen LogP contribution in [-0.2, 0) is 4.79 Å². The lowest BCUT2D eigenvalue weighted by atomic mass is 10.1. The van der Waals surface area contributed by atoms with Crippen molar-refractivity contribution in [1.29, 1.82) is 0 Å². The van der Waals surface area contributed by atoms with E-state index in [9.17, 15) is 4.79 Å². The number of hydrogen-bond acceptors (Lipinski definition) is 4. The molecule has 1 aromatic carbocycles. The topological polar surface area (TPSA) is 35.6 Å². The Morgan fingerprint density at radius 2 is 2.24 bits per heavy atom. The van der Waals surface area contributed by atoms with Gasteiger partial charge in [-0.15, -0.1) is 11.8 Å². The zero-order valence-corrected chi connectivity index (χ0v) is 13.4. The zero-order chi connectivity index (χ0) is 14.7. The van der Waals surface area contributed by atoms with Gasteiger partial charge >= 0.3 is 0 Å². The van der Waals surface area contributed by atoms with Gasteiger partial charge in [0.25, 0.3) is 0 Å². The van der Waals surface area contributed by atoms with Gasteiger partial charge in [0.05, 0.1) is 12.2 Å². The second kappa shape index (κ2) is 6.81. The molecule has 0 aromatic heterocycles. The molecule has 0 radical (unpaired) electrons. The summed E-state index contributed by atoms with van der Waals surface area (Å²) in [5.74, 6) is 1.22. The second-order valence-corrected chi connectivity index (χ2v) is 6.86. The highest BCUT2D eigenvalue weighted by atomic mass is 32.2. The van der Waals surface area contributed by atoms with Crippen LogP contribution in [0.2, 0.25) is 0 Å². The van der Waals surface area contributed by atoms with E-state index in [1.807, 2.05) is 35.8 Å². The highest BCUT2D eigenvalue weighted by molar-refractivity contribution is 7.99. The lowest BCUT2D eigenvalue weighted by molar-refractivity contribution is -0.120. The molecule has 2 heterocycles. The van der Waals surface area contributed by atoms with Crippen LogP contribution in [0.5, 0.6) is 0 Å². The van der Waals surface area contributed by atoms with Crippen LogP contribution < -0.4 is 10.2 Å². The Morgan fingerprint density at radius 1 is 1.38 bits per heavy atom. The van der Waals surface area contributed by atoms with Gasteiger partial charge in [0.15, 0.2) is 0 Å². The standard InChI is InChI=1S/C16H23N3OS/c1-17-13-5-4-8-18(11-13)12-16(20)19-9-10-21-15-7-3-2-6-14(15)19/h2-3,6-7,13,17H,4-5,8-12H2,1H3. The summed E-state index contributed by atoms with van der Waals surface area (Å²) in [4.78, 5) is 18.2.